The third kappa shape index (κ3) is 3.31. The molecule has 0 fully saturated rings. The summed E-state index contributed by atoms with van der Waals surface area (Å²) >= 11 is 9.10. The van der Waals surface area contributed by atoms with Crippen molar-refractivity contribution in [1.82, 2.24) is 4.98 Å². The SMILES string of the molecule is Cc1ccc(Cl)cc1S(=O)(=O)Nc1ccc(Br)nc1C. The van der Waals surface area contributed by atoms with Gasteiger partial charge in [-0.2, -0.15) is 0 Å². The van der Waals surface area contributed by atoms with Gasteiger partial charge >= 0.3 is 0 Å². The van der Waals surface area contributed by atoms with Crippen LogP contribution < -0.4 is 4.72 Å². The Bertz CT molecular complexity index is 763. The van der Waals surface area contributed by atoms with Gasteiger partial charge in [0.1, 0.15) is 4.60 Å². The fraction of sp³-hybridized carbons (Fsp3) is 0.154. The molecule has 0 aliphatic heterocycles. The van der Waals surface area contributed by atoms with Crippen LogP contribution in [0.4, 0.5) is 5.69 Å². The molecule has 0 saturated heterocycles. The number of aromatic nitrogens is 1. The second-order valence-corrected chi connectivity index (χ2v) is 7.18. The van der Waals surface area contributed by atoms with E-state index in [-0.39, 0.29) is 4.90 Å². The van der Waals surface area contributed by atoms with Gasteiger partial charge in [-0.15, -0.1) is 0 Å². The lowest BCUT2D eigenvalue weighted by atomic mass is 10.2. The maximum atomic E-state index is 12.4. The summed E-state index contributed by atoms with van der Waals surface area (Å²) < 4.78 is 28.0. The van der Waals surface area contributed by atoms with Crippen LogP contribution in [0, 0.1) is 13.8 Å². The summed E-state index contributed by atoms with van der Waals surface area (Å²) in [7, 11) is -3.69. The van der Waals surface area contributed by atoms with Crippen LogP contribution in [0.15, 0.2) is 39.8 Å². The fourth-order valence-electron chi connectivity index (χ4n) is 1.70. The molecule has 0 saturated carbocycles. The summed E-state index contributed by atoms with van der Waals surface area (Å²) in [6, 6.07) is 8.09. The van der Waals surface area contributed by atoms with Gasteiger partial charge < -0.3 is 0 Å². The highest BCUT2D eigenvalue weighted by Gasteiger charge is 2.18. The molecule has 2 rings (SSSR count). The zero-order valence-electron chi connectivity index (χ0n) is 10.8. The Morgan fingerprint density at radius 1 is 1.20 bits per heavy atom. The zero-order valence-corrected chi connectivity index (χ0v) is 14.0. The minimum absolute atomic E-state index is 0.160. The molecule has 4 nitrogen and oxygen atoms in total. The van der Waals surface area contributed by atoms with Gasteiger partial charge in [0.2, 0.25) is 0 Å². The quantitative estimate of drug-likeness (QED) is 0.827. The topological polar surface area (TPSA) is 59.1 Å². The zero-order chi connectivity index (χ0) is 14.9. The van der Waals surface area contributed by atoms with E-state index in [1.807, 2.05) is 0 Å². The van der Waals surface area contributed by atoms with Gasteiger partial charge in [0.25, 0.3) is 10.0 Å². The second kappa shape index (κ2) is 5.71. The van der Waals surface area contributed by atoms with Crippen molar-refractivity contribution in [3.8, 4) is 0 Å². The van der Waals surface area contributed by atoms with Crippen LogP contribution in [0.2, 0.25) is 5.02 Å². The van der Waals surface area contributed by atoms with Gasteiger partial charge in [-0.1, -0.05) is 17.7 Å². The Morgan fingerprint density at radius 3 is 2.55 bits per heavy atom. The Hall–Kier alpha value is -1.11. The Balaban J connectivity index is 2.43. The van der Waals surface area contributed by atoms with E-state index in [4.69, 9.17) is 11.6 Å². The predicted molar refractivity (Wildman–Crippen MR) is 83.7 cm³/mol. The number of nitrogens with zero attached hydrogens (tertiary/aromatic N) is 1. The molecule has 2 aromatic rings. The number of pyridine rings is 1. The molecule has 0 spiro atoms. The van der Waals surface area contributed by atoms with Crippen molar-refractivity contribution < 1.29 is 8.42 Å². The molecule has 0 aliphatic carbocycles. The van der Waals surface area contributed by atoms with E-state index in [0.29, 0.717) is 26.6 Å². The van der Waals surface area contributed by atoms with Gasteiger partial charge in [-0.3, -0.25) is 4.72 Å². The average Bonchev–Trinajstić information content (AvgIpc) is 2.35. The van der Waals surface area contributed by atoms with Gasteiger partial charge in [0.15, 0.2) is 0 Å². The van der Waals surface area contributed by atoms with Gasteiger partial charge in [0.05, 0.1) is 16.3 Å². The molecule has 1 N–H and O–H groups in total. The van der Waals surface area contributed by atoms with Crippen molar-refractivity contribution in [3.05, 3.63) is 51.2 Å². The van der Waals surface area contributed by atoms with Crippen molar-refractivity contribution in [1.29, 1.82) is 0 Å². The first-order chi connectivity index (χ1) is 9.29. The Kier molecular flexibility index (Phi) is 4.36. The Morgan fingerprint density at radius 2 is 1.90 bits per heavy atom. The molecule has 7 heteroatoms. The molecule has 20 heavy (non-hydrogen) atoms. The van der Waals surface area contributed by atoms with Crippen LogP contribution in [0.1, 0.15) is 11.3 Å². The van der Waals surface area contributed by atoms with Crippen molar-refractivity contribution in [2.75, 3.05) is 4.72 Å². The first-order valence-electron chi connectivity index (χ1n) is 5.72. The number of hydrogen-bond acceptors (Lipinski definition) is 3. The summed E-state index contributed by atoms with van der Waals surface area (Å²) in [5, 5.41) is 0.377. The third-order valence-electron chi connectivity index (χ3n) is 2.74. The number of sulfonamides is 1. The number of nitrogens with one attached hydrogen (secondary N) is 1. The summed E-state index contributed by atoms with van der Waals surface area (Å²) in [5.41, 5.74) is 1.65. The van der Waals surface area contributed by atoms with E-state index < -0.39 is 10.0 Å². The fourth-order valence-corrected chi connectivity index (χ4v) is 3.73. The van der Waals surface area contributed by atoms with Crippen molar-refractivity contribution in [2.45, 2.75) is 18.7 Å². The largest absolute Gasteiger partial charge is 0.278 e. The highest BCUT2D eigenvalue weighted by molar-refractivity contribution is 9.10. The first-order valence-corrected chi connectivity index (χ1v) is 8.37. The van der Waals surface area contributed by atoms with Crippen LogP contribution >= 0.6 is 27.5 Å². The molecule has 106 valence electrons. The van der Waals surface area contributed by atoms with Crippen LogP contribution in [-0.4, -0.2) is 13.4 Å². The molecule has 0 atom stereocenters. The van der Waals surface area contributed by atoms with Crippen LogP contribution in [0.5, 0.6) is 0 Å². The summed E-state index contributed by atoms with van der Waals surface area (Å²) in [5.74, 6) is 0. The van der Waals surface area contributed by atoms with Crippen molar-refractivity contribution in [2.24, 2.45) is 0 Å². The average molecular weight is 376 g/mol. The van der Waals surface area contributed by atoms with Crippen LogP contribution in [-0.2, 0) is 10.0 Å². The minimum atomic E-state index is -3.69. The third-order valence-corrected chi connectivity index (χ3v) is 4.92. The molecule has 1 aromatic carbocycles. The molecule has 1 heterocycles. The van der Waals surface area contributed by atoms with Crippen LogP contribution in [0.25, 0.3) is 0 Å². The molecular formula is C13H12BrClN2O2S. The predicted octanol–water partition coefficient (Wildman–Crippen LogP) is 3.92. The molecular weight excluding hydrogens is 364 g/mol. The number of anilines is 1. The second-order valence-electron chi connectivity index (χ2n) is 4.28. The molecule has 0 bridgehead atoms. The lowest BCUT2D eigenvalue weighted by Gasteiger charge is -2.12. The van der Waals surface area contributed by atoms with Gasteiger partial charge in [-0.05, 0) is 59.6 Å². The standard InChI is InChI=1S/C13H12BrClN2O2S/c1-8-3-4-10(15)7-12(8)20(18,19)17-11-5-6-13(14)16-9(11)2/h3-7,17H,1-2H3. The molecule has 0 unspecified atom stereocenters. The highest BCUT2D eigenvalue weighted by atomic mass is 79.9. The number of aryl methyl sites for hydroxylation is 2. The van der Waals surface area contributed by atoms with E-state index in [0.717, 1.165) is 0 Å². The summed E-state index contributed by atoms with van der Waals surface area (Å²) in [6.45, 7) is 3.45. The normalized spacial score (nSPS) is 11.4. The summed E-state index contributed by atoms with van der Waals surface area (Å²) in [4.78, 5) is 4.31. The Labute approximate surface area is 131 Å². The number of benzene rings is 1. The molecule has 0 radical (unpaired) electrons. The smallest absolute Gasteiger partial charge is 0.262 e. The van der Waals surface area contributed by atoms with Crippen molar-refractivity contribution >= 4 is 43.2 Å². The molecule has 0 amide bonds. The molecule has 0 aliphatic rings. The maximum absolute atomic E-state index is 12.4. The first kappa shape index (κ1) is 15.3. The van der Waals surface area contributed by atoms with E-state index in [1.54, 1.807) is 38.1 Å². The monoisotopic (exact) mass is 374 g/mol. The number of halogens is 2. The van der Waals surface area contributed by atoms with Gasteiger partial charge in [0, 0.05) is 5.02 Å². The number of rotatable bonds is 3. The van der Waals surface area contributed by atoms with E-state index in [2.05, 4.69) is 25.6 Å². The minimum Gasteiger partial charge on any atom is -0.278 e. The van der Waals surface area contributed by atoms with E-state index in [1.165, 1.54) is 6.07 Å². The summed E-state index contributed by atoms with van der Waals surface area (Å²) in [6.07, 6.45) is 0. The number of hydrogen-bond donors (Lipinski definition) is 1. The van der Waals surface area contributed by atoms with Gasteiger partial charge in [-0.25, -0.2) is 13.4 Å². The van der Waals surface area contributed by atoms with Crippen molar-refractivity contribution in [3.63, 3.8) is 0 Å². The highest BCUT2D eigenvalue weighted by Crippen LogP contribution is 2.24. The van der Waals surface area contributed by atoms with E-state index >= 15 is 0 Å². The maximum Gasteiger partial charge on any atom is 0.262 e. The van der Waals surface area contributed by atoms with Crippen LogP contribution in [0.3, 0.4) is 0 Å². The molecule has 1 aromatic heterocycles. The lowest BCUT2D eigenvalue weighted by Crippen LogP contribution is -2.15. The lowest BCUT2D eigenvalue weighted by molar-refractivity contribution is 0.600. The van der Waals surface area contributed by atoms with E-state index in [9.17, 15) is 8.42 Å².